The number of hydrogen-bond donors (Lipinski definition) is 2. The summed E-state index contributed by atoms with van der Waals surface area (Å²) in [5.41, 5.74) is -0.335. The first-order valence-electron chi connectivity index (χ1n) is 5.07. The van der Waals surface area contributed by atoms with Gasteiger partial charge in [-0.05, 0) is 26.3 Å². The van der Waals surface area contributed by atoms with Crippen LogP contribution in [0.3, 0.4) is 0 Å². The van der Waals surface area contributed by atoms with Crippen molar-refractivity contribution < 1.29 is 10.2 Å². The van der Waals surface area contributed by atoms with Gasteiger partial charge in [0.2, 0.25) is 0 Å². The van der Waals surface area contributed by atoms with E-state index in [0.29, 0.717) is 6.04 Å². The first-order chi connectivity index (χ1) is 6.11. The molecule has 3 heteroatoms. The zero-order valence-electron chi connectivity index (χ0n) is 8.66. The van der Waals surface area contributed by atoms with E-state index in [4.69, 9.17) is 10.2 Å². The molecule has 0 aliphatic carbocycles. The van der Waals surface area contributed by atoms with Gasteiger partial charge < -0.3 is 10.2 Å². The Morgan fingerprint density at radius 1 is 1.38 bits per heavy atom. The molecule has 78 valence electrons. The zero-order valence-corrected chi connectivity index (χ0v) is 8.66. The molecule has 1 atom stereocenters. The van der Waals surface area contributed by atoms with E-state index in [1.54, 1.807) is 0 Å². The van der Waals surface area contributed by atoms with Crippen molar-refractivity contribution in [1.82, 2.24) is 4.90 Å². The van der Waals surface area contributed by atoms with Crippen molar-refractivity contribution in [2.24, 2.45) is 5.41 Å². The highest BCUT2D eigenvalue weighted by molar-refractivity contribution is 4.83. The summed E-state index contributed by atoms with van der Waals surface area (Å²) >= 11 is 0. The van der Waals surface area contributed by atoms with Gasteiger partial charge >= 0.3 is 0 Å². The summed E-state index contributed by atoms with van der Waals surface area (Å²) < 4.78 is 0. The fraction of sp³-hybridized carbons (Fsp3) is 1.00. The lowest BCUT2D eigenvalue weighted by atomic mass is 9.92. The van der Waals surface area contributed by atoms with Crippen LogP contribution in [0, 0.1) is 5.41 Å². The van der Waals surface area contributed by atoms with Gasteiger partial charge in [-0.3, -0.25) is 4.90 Å². The number of aliphatic hydroxyl groups is 2. The Morgan fingerprint density at radius 3 is 2.38 bits per heavy atom. The second-order valence-corrected chi connectivity index (χ2v) is 4.59. The standard InChI is InChI=1S/C10H21NO2/c1-9-4-3-5-11(9)6-10(2,7-12)8-13/h9,12-13H,3-8H2,1-2H3. The highest BCUT2D eigenvalue weighted by Crippen LogP contribution is 2.23. The summed E-state index contributed by atoms with van der Waals surface area (Å²) in [6, 6.07) is 0.609. The van der Waals surface area contributed by atoms with Crippen LogP contribution in [0.4, 0.5) is 0 Å². The topological polar surface area (TPSA) is 43.7 Å². The molecule has 0 radical (unpaired) electrons. The lowest BCUT2D eigenvalue weighted by molar-refractivity contribution is 0.0333. The summed E-state index contributed by atoms with van der Waals surface area (Å²) in [6.45, 7) is 6.18. The van der Waals surface area contributed by atoms with Crippen LogP contribution in [0.1, 0.15) is 26.7 Å². The predicted octanol–water partition coefficient (Wildman–Crippen LogP) is 0.462. The largest absolute Gasteiger partial charge is 0.396 e. The fourth-order valence-corrected chi connectivity index (χ4v) is 1.87. The van der Waals surface area contributed by atoms with Gasteiger partial charge in [-0.25, -0.2) is 0 Å². The SMILES string of the molecule is CC1CCCN1CC(C)(CO)CO. The quantitative estimate of drug-likeness (QED) is 0.672. The molecule has 0 aromatic carbocycles. The number of nitrogens with zero attached hydrogens (tertiary/aromatic N) is 1. The van der Waals surface area contributed by atoms with Crippen molar-refractivity contribution in [3.63, 3.8) is 0 Å². The monoisotopic (exact) mass is 187 g/mol. The number of rotatable bonds is 4. The maximum Gasteiger partial charge on any atom is 0.0519 e. The molecule has 0 aromatic rings. The summed E-state index contributed by atoms with van der Waals surface area (Å²) in [4.78, 5) is 2.35. The van der Waals surface area contributed by atoms with Crippen molar-refractivity contribution in [1.29, 1.82) is 0 Å². The number of likely N-dealkylation sites (tertiary alicyclic amines) is 1. The third-order valence-corrected chi connectivity index (χ3v) is 3.04. The van der Waals surface area contributed by atoms with Crippen molar-refractivity contribution >= 4 is 0 Å². The van der Waals surface area contributed by atoms with E-state index in [-0.39, 0.29) is 18.6 Å². The second kappa shape index (κ2) is 4.40. The van der Waals surface area contributed by atoms with Crippen molar-refractivity contribution in [2.75, 3.05) is 26.3 Å². The van der Waals surface area contributed by atoms with E-state index >= 15 is 0 Å². The third-order valence-electron chi connectivity index (χ3n) is 3.04. The fourth-order valence-electron chi connectivity index (χ4n) is 1.87. The molecule has 0 amide bonds. The Balaban J connectivity index is 2.45. The van der Waals surface area contributed by atoms with Crippen LogP contribution in [0.2, 0.25) is 0 Å². The van der Waals surface area contributed by atoms with Gasteiger partial charge in [0.1, 0.15) is 0 Å². The van der Waals surface area contributed by atoms with E-state index in [9.17, 15) is 0 Å². The minimum atomic E-state index is -0.335. The maximum absolute atomic E-state index is 9.15. The average Bonchev–Trinajstić information content (AvgIpc) is 2.52. The molecule has 13 heavy (non-hydrogen) atoms. The van der Waals surface area contributed by atoms with Gasteiger partial charge in [0, 0.05) is 18.0 Å². The molecular weight excluding hydrogens is 166 g/mol. The van der Waals surface area contributed by atoms with Gasteiger partial charge in [0.05, 0.1) is 13.2 Å². The highest BCUT2D eigenvalue weighted by Gasteiger charge is 2.30. The Labute approximate surface area is 80.4 Å². The Bertz CT molecular complexity index is 157. The van der Waals surface area contributed by atoms with Crippen LogP contribution >= 0.6 is 0 Å². The molecule has 0 aromatic heterocycles. The van der Waals surface area contributed by atoms with Gasteiger partial charge in [-0.15, -0.1) is 0 Å². The molecule has 1 fully saturated rings. The number of aliphatic hydroxyl groups excluding tert-OH is 2. The molecular formula is C10H21NO2. The molecule has 1 unspecified atom stereocenters. The van der Waals surface area contributed by atoms with Gasteiger partial charge in [0.25, 0.3) is 0 Å². The van der Waals surface area contributed by atoms with Crippen molar-refractivity contribution in [2.45, 2.75) is 32.7 Å². The van der Waals surface area contributed by atoms with E-state index < -0.39 is 0 Å². The molecule has 0 saturated carbocycles. The minimum absolute atomic E-state index is 0.0622. The van der Waals surface area contributed by atoms with E-state index in [1.807, 2.05) is 6.92 Å². The van der Waals surface area contributed by atoms with E-state index in [2.05, 4.69) is 11.8 Å². The van der Waals surface area contributed by atoms with Crippen LogP contribution < -0.4 is 0 Å². The summed E-state index contributed by atoms with van der Waals surface area (Å²) in [5.74, 6) is 0. The minimum Gasteiger partial charge on any atom is -0.396 e. The summed E-state index contributed by atoms with van der Waals surface area (Å²) in [5, 5.41) is 18.3. The molecule has 2 N–H and O–H groups in total. The van der Waals surface area contributed by atoms with Crippen LogP contribution in [0.5, 0.6) is 0 Å². The van der Waals surface area contributed by atoms with Crippen LogP contribution in [0.15, 0.2) is 0 Å². The van der Waals surface area contributed by atoms with Crippen LogP contribution in [0.25, 0.3) is 0 Å². The highest BCUT2D eigenvalue weighted by atomic mass is 16.3. The Kier molecular flexibility index (Phi) is 3.71. The van der Waals surface area contributed by atoms with Crippen LogP contribution in [-0.2, 0) is 0 Å². The van der Waals surface area contributed by atoms with Gasteiger partial charge in [-0.1, -0.05) is 6.92 Å². The first-order valence-corrected chi connectivity index (χ1v) is 5.07. The smallest absolute Gasteiger partial charge is 0.0519 e. The zero-order chi connectivity index (χ0) is 9.90. The molecule has 3 nitrogen and oxygen atoms in total. The first kappa shape index (κ1) is 11.0. The molecule has 1 aliphatic heterocycles. The summed E-state index contributed by atoms with van der Waals surface area (Å²) in [6.07, 6.45) is 2.49. The Hall–Kier alpha value is -0.120. The number of hydrogen-bond acceptors (Lipinski definition) is 3. The predicted molar refractivity (Wildman–Crippen MR) is 52.5 cm³/mol. The summed E-state index contributed by atoms with van der Waals surface area (Å²) in [7, 11) is 0. The van der Waals surface area contributed by atoms with Crippen molar-refractivity contribution in [3.8, 4) is 0 Å². The van der Waals surface area contributed by atoms with Gasteiger partial charge in [-0.2, -0.15) is 0 Å². The van der Waals surface area contributed by atoms with Crippen LogP contribution in [-0.4, -0.2) is 47.5 Å². The normalized spacial score (nSPS) is 25.4. The molecule has 1 heterocycles. The molecule has 0 bridgehead atoms. The maximum atomic E-state index is 9.15. The van der Waals surface area contributed by atoms with E-state index in [1.165, 1.54) is 12.8 Å². The molecule has 0 spiro atoms. The lowest BCUT2D eigenvalue weighted by Gasteiger charge is -2.32. The molecule has 1 aliphatic rings. The second-order valence-electron chi connectivity index (χ2n) is 4.59. The van der Waals surface area contributed by atoms with Crippen molar-refractivity contribution in [3.05, 3.63) is 0 Å². The lowest BCUT2D eigenvalue weighted by Crippen LogP contribution is -2.42. The van der Waals surface area contributed by atoms with Gasteiger partial charge in [0.15, 0.2) is 0 Å². The Morgan fingerprint density at radius 2 is 2.00 bits per heavy atom. The molecule has 1 saturated heterocycles. The van der Waals surface area contributed by atoms with E-state index in [0.717, 1.165) is 13.1 Å². The molecule has 1 rings (SSSR count). The average molecular weight is 187 g/mol. The third kappa shape index (κ3) is 2.66.